The summed E-state index contributed by atoms with van der Waals surface area (Å²) < 4.78 is 1.56. The zero-order chi connectivity index (χ0) is 13.0. The van der Waals surface area contributed by atoms with Crippen LogP contribution in [0.1, 0.15) is 16.1 Å². The Morgan fingerprint density at radius 3 is 3.06 bits per heavy atom. The molecule has 2 rings (SSSR count). The highest BCUT2D eigenvalue weighted by Gasteiger charge is 2.01. The van der Waals surface area contributed by atoms with E-state index in [9.17, 15) is 4.79 Å². The molecule has 1 N–H and O–H groups in total. The summed E-state index contributed by atoms with van der Waals surface area (Å²) in [5.41, 5.74) is 1.52. The lowest BCUT2D eigenvalue weighted by atomic mass is 10.3. The zero-order valence-corrected chi connectivity index (χ0v) is 10.7. The molecule has 0 aliphatic rings. The summed E-state index contributed by atoms with van der Waals surface area (Å²) in [5.74, 6) is 5.42. The lowest BCUT2D eigenvalue weighted by molar-refractivity contribution is 0.350. The molecule has 4 nitrogen and oxygen atoms in total. The molecule has 2 heterocycles. The van der Waals surface area contributed by atoms with Crippen molar-refractivity contribution in [2.75, 3.05) is 6.61 Å². The van der Waals surface area contributed by atoms with Crippen molar-refractivity contribution < 1.29 is 5.11 Å². The van der Waals surface area contributed by atoms with E-state index < -0.39 is 0 Å². The van der Waals surface area contributed by atoms with Gasteiger partial charge in [-0.15, -0.1) is 11.3 Å². The second-order valence-corrected chi connectivity index (χ2v) is 4.75. The number of aromatic nitrogens is 2. The Labute approximate surface area is 109 Å². The number of nitrogens with zero attached hydrogens (tertiary/aromatic N) is 2. The van der Waals surface area contributed by atoms with E-state index in [1.165, 1.54) is 17.4 Å². The standard InChI is InChI=1S/C13H12N2O2S/c1-10-5-13(17)15(9-14-10)7-12-6-11(8-18-12)3-2-4-16/h5-6,8-9,16H,4,7H2,1H3. The number of rotatable bonds is 2. The number of aliphatic hydroxyl groups is 1. The highest BCUT2D eigenvalue weighted by molar-refractivity contribution is 7.10. The smallest absolute Gasteiger partial charge is 0.253 e. The third-order valence-electron chi connectivity index (χ3n) is 2.31. The van der Waals surface area contributed by atoms with Crippen LogP contribution in [-0.2, 0) is 6.54 Å². The molecule has 0 saturated carbocycles. The second-order valence-electron chi connectivity index (χ2n) is 3.76. The van der Waals surface area contributed by atoms with Crippen molar-refractivity contribution >= 4 is 11.3 Å². The minimum atomic E-state index is -0.146. The lowest BCUT2D eigenvalue weighted by Gasteiger charge is -2.02. The first-order chi connectivity index (χ1) is 8.69. The fourth-order valence-corrected chi connectivity index (χ4v) is 2.29. The van der Waals surface area contributed by atoms with Gasteiger partial charge in [-0.3, -0.25) is 9.36 Å². The molecule has 0 fully saturated rings. The number of hydrogen-bond acceptors (Lipinski definition) is 4. The third kappa shape index (κ3) is 3.06. The van der Waals surface area contributed by atoms with Crippen molar-refractivity contribution in [1.82, 2.24) is 9.55 Å². The van der Waals surface area contributed by atoms with Gasteiger partial charge in [-0.2, -0.15) is 0 Å². The Balaban J connectivity index is 2.19. The number of hydrogen-bond donors (Lipinski definition) is 1. The molecule has 2 aromatic rings. The summed E-state index contributed by atoms with van der Waals surface area (Å²) in [6.07, 6.45) is 1.55. The average Bonchev–Trinajstić information content (AvgIpc) is 2.78. The van der Waals surface area contributed by atoms with E-state index in [2.05, 4.69) is 16.8 Å². The van der Waals surface area contributed by atoms with Crippen LogP contribution < -0.4 is 5.56 Å². The van der Waals surface area contributed by atoms with E-state index in [0.717, 1.165) is 16.1 Å². The highest BCUT2D eigenvalue weighted by atomic mass is 32.1. The summed E-state index contributed by atoms with van der Waals surface area (Å²) in [5, 5.41) is 10.5. The van der Waals surface area contributed by atoms with Gasteiger partial charge in [0.25, 0.3) is 5.56 Å². The Morgan fingerprint density at radius 1 is 1.50 bits per heavy atom. The Hall–Kier alpha value is -1.90. The molecule has 0 spiro atoms. The van der Waals surface area contributed by atoms with Crippen molar-refractivity contribution in [3.63, 3.8) is 0 Å². The fourth-order valence-electron chi connectivity index (χ4n) is 1.47. The van der Waals surface area contributed by atoms with E-state index >= 15 is 0 Å². The van der Waals surface area contributed by atoms with Gasteiger partial charge in [0.15, 0.2) is 0 Å². The molecule has 18 heavy (non-hydrogen) atoms. The van der Waals surface area contributed by atoms with Crippen LogP contribution in [0.15, 0.2) is 28.6 Å². The van der Waals surface area contributed by atoms with Gasteiger partial charge in [-0.25, -0.2) is 4.98 Å². The van der Waals surface area contributed by atoms with Crippen LogP contribution in [0.3, 0.4) is 0 Å². The minimum Gasteiger partial charge on any atom is -0.384 e. The molecule has 0 unspecified atom stereocenters. The van der Waals surface area contributed by atoms with Crippen LogP contribution in [0.4, 0.5) is 0 Å². The molecule has 0 aromatic carbocycles. The molecule has 0 bridgehead atoms. The summed E-state index contributed by atoms with van der Waals surface area (Å²) in [7, 11) is 0. The maximum absolute atomic E-state index is 11.7. The summed E-state index contributed by atoms with van der Waals surface area (Å²) >= 11 is 1.54. The zero-order valence-electron chi connectivity index (χ0n) is 9.88. The highest BCUT2D eigenvalue weighted by Crippen LogP contribution is 2.14. The van der Waals surface area contributed by atoms with Crippen LogP contribution in [0, 0.1) is 18.8 Å². The van der Waals surface area contributed by atoms with Gasteiger partial charge in [0.05, 0.1) is 12.9 Å². The van der Waals surface area contributed by atoms with E-state index in [1.54, 1.807) is 17.8 Å². The summed E-state index contributed by atoms with van der Waals surface area (Å²) in [4.78, 5) is 16.8. The molecule has 0 atom stereocenters. The van der Waals surface area contributed by atoms with E-state index in [4.69, 9.17) is 5.11 Å². The first-order valence-corrected chi connectivity index (χ1v) is 6.27. The molecular formula is C13H12N2O2S. The molecule has 2 aromatic heterocycles. The van der Waals surface area contributed by atoms with Gasteiger partial charge >= 0.3 is 0 Å². The molecule has 0 aliphatic heterocycles. The van der Waals surface area contributed by atoms with Crippen LogP contribution in [0.5, 0.6) is 0 Å². The monoisotopic (exact) mass is 260 g/mol. The lowest BCUT2D eigenvalue weighted by Crippen LogP contribution is -2.20. The van der Waals surface area contributed by atoms with Gasteiger partial charge in [-0.1, -0.05) is 11.8 Å². The van der Waals surface area contributed by atoms with Crippen molar-refractivity contribution in [2.45, 2.75) is 13.5 Å². The Morgan fingerprint density at radius 2 is 2.33 bits per heavy atom. The van der Waals surface area contributed by atoms with E-state index in [1.807, 2.05) is 11.4 Å². The predicted octanol–water partition coefficient (Wildman–Crippen LogP) is 1.01. The van der Waals surface area contributed by atoms with Gasteiger partial charge in [0.2, 0.25) is 0 Å². The normalized spacial score (nSPS) is 9.89. The molecule has 0 aliphatic carbocycles. The van der Waals surface area contributed by atoms with Crippen LogP contribution in [0.2, 0.25) is 0 Å². The van der Waals surface area contributed by atoms with Crippen LogP contribution in [-0.4, -0.2) is 21.3 Å². The molecule has 92 valence electrons. The summed E-state index contributed by atoms with van der Waals surface area (Å²) in [6, 6.07) is 3.43. The largest absolute Gasteiger partial charge is 0.384 e. The topological polar surface area (TPSA) is 55.1 Å². The van der Waals surface area contributed by atoms with Crippen molar-refractivity contribution in [3.8, 4) is 11.8 Å². The van der Waals surface area contributed by atoms with Gasteiger partial charge in [-0.05, 0) is 13.0 Å². The maximum Gasteiger partial charge on any atom is 0.253 e. The molecular weight excluding hydrogens is 248 g/mol. The van der Waals surface area contributed by atoms with Gasteiger partial charge < -0.3 is 5.11 Å². The molecule has 0 amide bonds. The van der Waals surface area contributed by atoms with Crippen LogP contribution in [0.25, 0.3) is 0 Å². The van der Waals surface area contributed by atoms with Crippen molar-refractivity contribution in [2.24, 2.45) is 0 Å². The first kappa shape index (κ1) is 12.6. The van der Waals surface area contributed by atoms with Crippen molar-refractivity contribution in [1.29, 1.82) is 0 Å². The quantitative estimate of drug-likeness (QED) is 0.820. The maximum atomic E-state index is 11.7. The number of aliphatic hydroxyl groups excluding tert-OH is 1. The molecule has 5 heteroatoms. The van der Waals surface area contributed by atoms with Gasteiger partial charge in [0.1, 0.15) is 6.61 Å². The van der Waals surface area contributed by atoms with Crippen LogP contribution >= 0.6 is 11.3 Å². The van der Waals surface area contributed by atoms with Gasteiger partial charge in [0, 0.05) is 27.6 Å². The van der Waals surface area contributed by atoms with Crippen molar-refractivity contribution in [3.05, 3.63) is 50.3 Å². The Bertz CT molecular complexity index is 661. The van der Waals surface area contributed by atoms with E-state index in [-0.39, 0.29) is 12.2 Å². The first-order valence-electron chi connectivity index (χ1n) is 5.39. The third-order valence-corrected chi connectivity index (χ3v) is 3.23. The number of thiophene rings is 1. The fraction of sp³-hybridized carbons (Fsp3) is 0.231. The minimum absolute atomic E-state index is 0.0566. The second kappa shape index (κ2) is 5.63. The molecule has 0 saturated heterocycles. The Kier molecular flexibility index (Phi) is 3.92. The predicted molar refractivity (Wildman–Crippen MR) is 70.6 cm³/mol. The average molecular weight is 260 g/mol. The number of aryl methyl sites for hydroxylation is 1. The SMILES string of the molecule is Cc1cc(=O)n(Cc2cc(C#CCO)cs2)cn1. The van der Waals surface area contributed by atoms with E-state index in [0.29, 0.717) is 6.54 Å². The molecule has 0 radical (unpaired) electrons. The summed E-state index contributed by atoms with van der Waals surface area (Å²) in [6.45, 7) is 2.14.